The van der Waals surface area contributed by atoms with Crippen LogP contribution in [0.5, 0.6) is 0 Å². The number of hydrogen-bond acceptors (Lipinski definition) is 0. The molecule has 0 nitrogen and oxygen atoms in total. The Bertz CT molecular complexity index is 630. The average molecular weight is 261 g/mol. The molecule has 0 atom stereocenters. The Morgan fingerprint density at radius 2 is 1.70 bits per heavy atom. The molecule has 0 spiro atoms. The molecule has 0 N–H and O–H groups in total. The van der Waals surface area contributed by atoms with E-state index in [0.717, 1.165) is 6.42 Å². The van der Waals surface area contributed by atoms with Crippen LogP contribution in [0.2, 0.25) is 0 Å². The highest BCUT2D eigenvalue weighted by molar-refractivity contribution is 5.83. The van der Waals surface area contributed by atoms with Crippen molar-refractivity contribution < 1.29 is 0 Å². The molecular weight excluding hydrogens is 240 g/mol. The smallest absolute Gasteiger partial charge is 0.0164 e. The van der Waals surface area contributed by atoms with Gasteiger partial charge < -0.3 is 0 Å². The van der Waals surface area contributed by atoms with Gasteiger partial charge in [0, 0.05) is 6.42 Å². The lowest BCUT2D eigenvalue weighted by Gasteiger charge is -2.08. The van der Waals surface area contributed by atoms with Gasteiger partial charge in [0.1, 0.15) is 0 Å². The van der Waals surface area contributed by atoms with Gasteiger partial charge in [0.05, 0.1) is 0 Å². The maximum Gasteiger partial charge on any atom is 0.0164 e. The zero-order valence-electron chi connectivity index (χ0n) is 12.3. The number of hydrogen-bond donors (Lipinski definition) is 0. The van der Waals surface area contributed by atoms with Crippen LogP contribution < -0.4 is 0 Å². The first-order valence-corrected chi connectivity index (χ1v) is 7.59. The summed E-state index contributed by atoms with van der Waals surface area (Å²) < 4.78 is 0. The number of rotatable bonds is 4. The summed E-state index contributed by atoms with van der Waals surface area (Å²) in [7, 11) is 0. The Balaban J connectivity index is 1.99. The third kappa shape index (κ3) is 2.43. The number of aryl methyl sites for hydroxylation is 1. The van der Waals surface area contributed by atoms with E-state index in [2.05, 4.69) is 68.8 Å². The van der Waals surface area contributed by atoms with Crippen molar-refractivity contribution in [3.63, 3.8) is 0 Å². The van der Waals surface area contributed by atoms with Crippen molar-refractivity contribution in [2.45, 2.75) is 33.1 Å². The van der Waals surface area contributed by atoms with Crippen LogP contribution in [-0.2, 0) is 6.42 Å². The molecule has 2 aromatic rings. The maximum absolute atomic E-state index is 2.34. The molecule has 0 amide bonds. The monoisotopic (exact) mass is 261 g/mol. The fourth-order valence-corrected chi connectivity index (χ4v) is 2.89. The van der Waals surface area contributed by atoms with Gasteiger partial charge in [-0.3, -0.25) is 0 Å². The van der Waals surface area contributed by atoms with Crippen molar-refractivity contribution in [3.8, 4) is 11.1 Å². The van der Waals surface area contributed by atoms with Gasteiger partial charge in [0.25, 0.3) is 0 Å². The van der Waals surface area contributed by atoms with E-state index in [1.807, 2.05) is 0 Å². The van der Waals surface area contributed by atoms with Crippen molar-refractivity contribution in [3.05, 3.63) is 71.1 Å². The van der Waals surface area contributed by atoms with E-state index >= 15 is 0 Å². The minimum Gasteiger partial charge on any atom is -0.0651 e. The quantitative estimate of drug-likeness (QED) is 0.665. The molecular formula is C20H21. The van der Waals surface area contributed by atoms with Crippen LogP contribution in [0.1, 0.15) is 43.4 Å². The fraction of sp³-hybridized carbons (Fsp3) is 0.250. The molecule has 0 saturated carbocycles. The van der Waals surface area contributed by atoms with Gasteiger partial charge in [-0.05, 0) is 40.7 Å². The Morgan fingerprint density at radius 1 is 0.900 bits per heavy atom. The Hall–Kier alpha value is -1.82. The van der Waals surface area contributed by atoms with E-state index in [9.17, 15) is 0 Å². The SMILES string of the molecule is CCCc1ccc(-c2cccc3c2C=C(CC)[CH]3)cc1. The van der Waals surface area contributed by atoms with Gasteiger partial charge in [-0.15, -0.1) is 0 Å². The van der Waals surface area contributed by atoms with E-state index in [0.29, 0.717) is 0 Å². The summed E-state index contributed by atoms with van der Waals surface area (Å²) in [6.45, 7) is 4.44. The zero-order chi connectivity index (χ0) is 13.9. The number of fused-ring (bicyclic) bond motifs is 1. The second-order valence-corrected chi connectivity index (χ2v) is 5.47. The summed E-state index contributed by atoms with van der Waals surface area (Å²) in [4.78, 5) is 0. The van der Waals surface area contributed by atoms with Gasteiger partial charge in [-0.1, -0.05) is 74.4 Å². The highest BCUT2D eigenvalue weighted by atomic mass is 14.2. The number of benzene rings is 2. The normalized spacial score (nSPS) is 13.2. The molecule has 0 fully saturated rings. The molecule has 0 heteroatoms. The van der Waals surface area contributed by atoms with Crippen molar-refractivity contribution in [1.29, 1.82) is 0 Å². The summed E-state index contributed by atoms with van der Waals surface area (Å²) in [6, 6.07) is 15.7. The van der Waals surface area contributed by atoms with E-state index in [4.69, 9.17) is 0 Å². The molecule has 101 valence electrons. The summed E-state index contributed by atoms with van der Waals surface area (Å²) in [5.74, 6) is 0. The molecule has 0 saturated heterocycles. The maximum atomic E-state index is 2.34. The van der Waals surface area contributed by atoms with Crippen LogP contribution in [0.3, 0.4) is 0 Å². The molecule has 1 aliphatic carbocycles. The Kier molecular flexibility index (Phi) is 3.73. The van der Waals surface area contributed by atoms with Gasteiger partial charge in [-0.2, -0.15) is 0 Å². The molecule has 1 aliphatic rings. The summed E-state index contributed by atoms with van der Waals surface area (Å²) >= 11 is 0. The third-order valence-electron chi connectivity index (χ3n) is 4.02. The van der Waals surface area contributed by atoms with Gasteiger partial charge in [-0.25, -0.2) is 0 Å². The van der Waals surface area contributed by atoms with Crippen LogP contribution in [-0.4, -0.2) is 0 Å². The van der Waals surface area contributed by atoms with Gasteiger partial charge in [0.15, 0.2) is 0 Å². The lowest BCUT2D eigenvalue weighted by Crippen LogP contribution is -1.88. The summed E-state index contributed by atoms with van der Waals surface area (Å²) in [6.07, 6.45) is 8.12. The highest BCUT2D eigenvalue weighted by Gasteiger charge is 2.15. The molecule has 0 aromatic heterocycles. The third-order valence-corrected chi connectivity index (χ3v) is 4.02. The molecule has 0 unspecified atom stereocenters. The molecule has 3 rings (SSSR count). The first-order valence-electron chi connectivity index (χ1n) is 7.59. The topological polar surface area (TPSA) is 0 Å². The van der Waals surface area contributed by atoms with Crippen LogP contribution in [0.15, 0.2) is 48.0 Å². The average Bonchev–Trinajstić information content (AvgIpc) is 2.91. The Labute approximate surface area is 122 Å². The molecule has 0 bridgehead atoms. The van der Waals surface area contributed by atoms with Crippen molar-refractivity contribution >= 4 is 6.08 Å². The predicted octanol–water partition coefficient (Wildman–Crippen LogP) is 5.67. The van der Waals surface area contributed by atoms with Crippen LogP contribution in [0, 0.1) is 6.42 Å². The minimum atomic E-state index is 1.10. The molecule has 2 aromatic carbocycles. The summed E-state index contributed by atoms with van der Waals surface area (Å²) in [5, 5.41) is 0. The standard InChI is InChI=1S/C20H21/c1-3-6-16-9-11-17(12-10-16)19-8-5-7-18-13-15(4-2)14-20(18)19/h5,7-14H,3-4,6H2,1-2H3. The van der Waals surface area contributed by atoms with Crippen molar-refractivity contribution in [1.82, 2.24) is 0 Å². The zero-order valence-corrected chi connectivity index (χ0v) is 12.3. The minimum absolute atomic E-state index is 1.10. The molecule has 1 radical (unpaired) electrons. The van der Waals surface area contributed by atoms with Crippen LogP contribution in [0.25, 0.3) is 17.2 Å². The van der Waals surface area contributed by atoms with Crippen LogP contribution >= 0.6 is 0 Å². The van der Waals surface area contributed by atoms with Gasteiger partial charge >= 0.3 is 0 Å². The van der Waals surface area contributed by atoms with Crippen LogP contribution in [0.4, 0.5) is 0 Å². The first-order chi connectivity index (χ1) is 9.81. The molecule has 0 heterocycles. The fourth-order valence-electron chi connectivity index (χ4n) is 2.89. The van der Waals surface area contributed by atoms with Crippen molar-refractivity contribution in [2.24, 2.45) is 0 Å². The lowest BCUT2D eigenvalue weighted by atomic mass is 9.96. The number of allylic oxidation sites excluding steroid dienone is 1. The van der Waals surface area contributed by atoms with E-state index in [-0.39, 0.29) is 0 Å². The van der Waals surface area contributed by atoms with Gasteiger partial charge in [0.2, 0.25) is 0 Å². The highest BCUT2D eigenvalue weighted by Crippen LogP contribution is 2.36. The first kappa shape index (κ1) is 13.2. The lowest BCUT2D eigenvalue weighted by molar-refractivity contribution is 0.922. The Morgan fingerprint density at radius 3 is 2.40 bits per heavy atom. The van der Waals surface area contributed by atoms with E-state index in [1.54, 1.807) is 0 Å². The second-order valence-electron chi connectivity index (χ2n) is 5.47. The van der Waals surface area contributed by atoms with E-state index < -0.39 is 0 Å². The molecule has 0 aliphatic heterocycles. The molecule has 20 heavy (non-hydrogen) atoms. The second kappa shape index (κ2) is 5.66. The summed E-state index contributed by atoms with van der Waals surface area (Å²) in [5.41, 5.74) is 8.27. The largest absolute Gasteiger partial charge is 0.0651 e. The van der Waals surface area contributed by atoms with Crippen molar-refractivity contribution in [2.75, 3.05) is 0 Å². The van der Waals surface area contributed by atoms with E-state index in [1.165, 1.54) is 46.2 Å². The predicted molar refractivity (Wildman–Crippen MR) is 87.5 cm³/mol.